The minimum Gasteiger partial charge on any atom is -0.341 e. The van der Waals surface area contributed by atoms with Gasteiger partial charge in [0.15, 0.2) is 0 Å². The first-order valence-electron chi connectivity index (χ1n) is 7.77. The van der Waals surface area contributed by atoms with Gasteiger partial charge in [-0.05, 0) is 31.9 Å². The molecule has 2 rings (SSSR count). The van der Waals surface area contributed by atoms with E-state index in [0.717, 1.165) is 37.9 Å². The third-order valence-corrected chi connectivity index (χ3v) is 4.22. The van der Waals surface area contributed by atoms with Gasteiger partial charge < -0.3 is 10.2 Å². The Hall–Kier alpha value is -1.06. The van der Waals surface area contributed by atoms with Crippen LogP contribution in [0.25, 0.3) is 0 Å². The molecule has 0 aliphatic carbocycles. The number of carbonyl (C=O) groups excluding carboxylic acids is 1. The maximum absolute atomic E-state index is 12.8. The Morgan fingerprint density at radius 2 is 2.10 bits per heavy atom. The fraction of sp³-hybridized carbons (Fsp3) is 0.588. The second kappa shape index (κ2) is 9.06. The number of piperidine rings is 1. The van der Waals surface area contributed by atoms with Gasteiger partial charge >= 0.3 is 0 Å². The molecule has 1 aliphatic heterocycles. The molecule has 1 fully saturated rings. The molecule has 3 nitrogen and oxygen atoms in total. The predicted octanol–water partition coefficient (Wildman–Crippen LogP) is 3.20. The van der Waals surface area contributed by atoms with Crippen LogP contribution in [0.3, 0.4) is 0 Å². The van der Waals surface area contributed by atoms with Crippen molar-refractivity contribution >= 4 is 18.3 Å². The van der Waals surface area contributed by atoms with E-state index in [9.17, 15) is 4.79 Å². The average molecular weight is 311 g/mol. The Kier molecular flexibility index (Phi) is 7.76. The van der Waals surface area contributed by atoms with Gasteiger partial charge in [0.05, 0.1) is 5.92 Å². The standard InChI is InChI=1S/C17H26N2O.ClH/c1-3-8-16(14-9-5-4-6-10-14)17(20)19-12-7-11-15(13-19)18-2;/h4-6,9-10,15-16,18H,3,7-8,11-13H2,1-2H3;1H. The van der Waals surface area contributed by atoms with Crippen molar-refractivity contribution < 1.29 is 4.79 Å². The Morgan fingerprint density at radius 3 is 2.71 bits per heavy atom. The zero-order valence-corrected chi connectivity index (χ0v) is 13.9. The SMILES string of the molecule is CCCC(C(=O)N1CCCC(NC)C1)c1ccccc1.Cl. The number of rotatable bonds is 5. The van der Waals surface area contributed by atoms with Crippen molar-refractivity contribution in [2.75, 3.05) is 20.1 Å². The number of hydrogen-bond donors (Lipinski definition) is 1. The van der Waals surface area contributed by atoms with Crippen molar-refractivity contribution in [1.29, 1.82) is 0 Å². The minimum absolute atomic E-state index is 0. The van der Waals surface area contributed by atoms with Crippen LogP contribution >= 0.6 is 12.4 Å². The minimum atomic E-state index is 0. The Balaban J connectivity index is 0.00000220. The van der Waals surface area contributed by atoms with E-state index < -0.39 is 0 Å². The largest absolute Gasteiger partial charge is 0.341 e. The molecule has 0 radical (unpaired) electrons. The van der Waals surface area contributed by atoms with Crippen LogP contribution in [0.4, 0.5) is 0 Å². The molecule has 21 heavy (non-hydrogen) atoms. The van der Waals surface area contributed by atoms with Gasteiger partial charge in [0.25, 0.3) is 0 Å². The number of carbonyl (C=O) groups is 1. The van der Waals surface area contributed by atoms with Crippen LogP contribution in [0.15, 0.2) is 30.3 Å². The molecule has 0 bridgehead atoms. The molecule has 0 spiro atoms. The molecule has 1 aromatic carbocycles. The zero-order chi connectivity index (χ0) is 14.4. The third kappa shape index (κ3) is 4.72. The molecule has 1 heterocycles. The van der Waals surface area contributed by atoms with Gasteiger partial charge in [-0.3, -0.25) is 4.79 Å². The lowest BCUT2D eigenvalue weighted by Gasteiger charge is -2.35. The fourth-order valence-electron chi connectivity index (χ4n) is 3.04. The van der Waals surface area contributed by atoms with E-state index in [2.05, 4.69) is 29.3 Å². The van der Waals surface area contributed by atoms with Gasteiger partial charge in [-0.2, -0.15) is 0 Å². The van der Waals surface area contributed by atoms with Gasteiger partial charge in [0.2, 0.25) is 5.91 Å². The molecule has 1 saturated heterocycles. The van der Waals surface area contributed by atoms with Crippen LogP contribution in [0, 0.1) is 0 Å². The maximum Gasteiger partial charge on any atom is 0.230 e. The number of amides is 1. The average Bonchev–Trinajstić information content (AvgIpc) is 2.53. The smallest absolute Gasteiger partial charge is 0.230 e. The van der Waals surface area contributed by atoms with E-state index in [0.29, 0.717) is 11.9 Å². The van der Waals surface area contributed by atoms with Crippen molar-refractivity contribution in [1.82, 2.24) is 10.2 Å². The van der Waals surface area contributed by atoms with Crippen LogP contribution in [0.1, 0.15) is 44.1 Å². The summed E-state index contributed by atoms with van der Waals surface area (Å²) in [5.74, 6) is 0.329. The number of likely N-dealkylation sites (N-methyl/N-ethyl adjacent to an activating group) is 1. The summed E-state index contributed by atoms with van der Waals surface area (Å²) < 4.78 is 0. The predicted molar refractivity (Wildman–Crippen MR) is 90.0 cm³/mol. The summed E-state index contributed by atoms with van der Waals surface area (Å²) in [7, 11) is 1.99. The van der Waals surface area contributed by atoms with Crippen LogP contribution in [-0.2, 0) is 4.79 Å². The summed E-state index contributed by atoms with van der Waals surface area (Å²) in [5.41, 5.74) is 1.16. The highest BCUT2D eigenvalue weighted by atomic mass is 35.5. The zero-order valence-electron chi connectivity index (χ0n) is 13.0. The normalized spacial score (nSPS) is 19.7. The highest BCUT2D eigenvalue weighted by molar-refractivity contribution is 5.85. The lowest BCUT2D eigenvalue weighted by atomic mass is 9.92. The van der Waals surface area contributed by atoms with Gasteiger partial charge in [0.1, 0.15) is 0 Å². The summed E-state index contributed by atoms with van der Waals surface area (Å²) in [4.78, 5) is 14.9. The summed E-state index contributed by atoms with van der Waals surface area (Å²) in [6.07, 6.45) is 4.24. The number of benzene rings is 1. The topological polar surface area (TPSA) is 32.3 Å². The van der Waals surface area contributed by atoms with Crippen molar-refractivity contribution in [3.05, 3.63) is 35.9 Å². The number of hydrogen-bond acceptors (Lipinski definition) is 2. The summed E-state index contributed by atoms with van der Waals surface area (Å²) >= 11 is 0. The van der Waals surface area contributed by atoms with Crippen molar-refractivity contribution in [3.63, 3.8) is 0 Å². The third-order valence-electron chi connectivity index (χ3n) is 4.22. The molecular formula is C17H27ClN2O. The Morgan fingerprint density at radius 1 is 1.38 bits per heavy atom. The molecule has 0 saturated carbocycles. The number of nitrogens with zero attached hydrogens (tertiary/aromatic N) is 1. The highest BCUT2D eigenvalue weighted by Gasteiger charge is 2.28. The number of halogens is 1. The Labute approximate surface area is 134 Å². The van der Waals surface area contributed by atoms with E-state index in [4.69, 9.17) is 0 Å². The van der Waals surface area contributed by atoms with Gasteiger partial charge in [-0.25, -0.2) is 0 Å². The van der Waals surface area contributed by atoms with Crippen LogP contribution in [0.2, 0.25) is 0 Å². The fourth-order valence-corrected chi connectivity index (χ4v) is 3.04. The van der Waals surface area contributed by atoms with E-state index in [1.165, 1.54) is 6.42 Å². The first-order chi connectivity index (χ1) is 9.76. The molecule has 1 aliphatic rings. The van der Waals surface area contributed by atoms with E-state index in [-0.39, 0.29) is 18.3 Å². The number of nitrogens with one attached hydrogen (secondary N) is 1. The second-order valence-electron chi connectivity index (χ2n) is 5.66. The molecule has 1 amide bonds. The monoisotopic (exact) mass is 310 g/mol. The molecular weight excluding hydrogens is 284 g/mol. The van der Waals surface area contributed by atoms with Crippen LogP contribution < -0.4 is 5.32 Å². The molecule has 2 unspecified atom stereocenters. The molecule has 2 atom stereocenters. The van der Waals surface area contributed by atoms with Crippen LogP contribution in [0.5, 0.6) is 0 Å². The lowest BCUT2D eigenvalue weighted by molar-refractivity contribution is -0.134. The van der Waals surface area contributed by atoms with E-state index >= 15 is 0 Å². The molecule has 1 aromatic rings. The van der Waals surface area contributed by atoms with Crippen molar-refractivity contribution in [2.24, 2.45) is 0 Å². The lowest BCUT2D eigenvalue weighted by Crippen LogP contribution is -2.48. The summed E-state index contributed by atoms with van der Waals surface area (Å²) in [6.45, 7) is 3.91. The molecule has 4 heteroatoms. The molecule has 0 aromatic heterocycles. The summed E-state index contributed by atoms with van der Waals surface area (Å²) in [5, 5.41) is 3.31. The van der Waals surface area contributed by atoms with Gasteiger partial charge in [-0.1, -0.05) is 43.7 Å². The highest BCUT2D eigenvalue weighted by Crippen LogP contribution is 2.25. The van der Waals surface area contributed by atoms with E-state index in [1.807, 2.05) is 25.2 Å². The van der Waals surface area contributed by atoms with Crippen molar-refractivity contribution in [2.45, 2.75) is 44.6 Å². The quantitative estimate of drug-likeness (QED) is 0.906. The van der Waals surface area contributed by atoms with Crippen molar-refractivity contribution in [3.8, 4) is 0 Å². The van der Waals surface area contributed by atoms with E-state index in [1.54, 1.807) is 0 Å². The second-order valence-corrected chi connectivity index (χ2v) is 5.66. The first-order valence-corrected chi connectivity index (χ1v) is 7.77. The van der Waals surface area contributed by atoms with Gasteiger partial charge in [0, 0.05) is 19.1 Å². The van der Waals surface area contributed by atoms with Crippen LogP contribution in [-0.4, -0.2) is 37.0 Å². The first kappa shape index (κ1) is 18.0. The molecule has 1 N–H and O–H groups in total. The van der Waals surface area contributed by atoms with Gasteiger partial charge in [-0.15, -0.1) is 12.4 Å². The number of likely N-dealkylation sites (tertiary alicyclic amines) is 1. The maximum atomic E-state index is 12.8. The molecule has 118 valence electrons. The Bertz CT molecular complexity index is 424. The summed E-state index contributed by atoms with van der Waals surface area (Å²) in [6, 6.07) is 10.7.